The zero-order chi connectivity index (χ0) is 16.2. The number of ether oxygens (including phenoxy) is 2. The van der Waals surface area contributed by atoms with E-state index >= 15 is 0 Å². The van der Waals surface area contributed by atoms with E-state index in [1.807, 2.05) is 48.5 Å². The molecule has 1 aliphatic rings. The van der Waals surface area contributed by atoms with Crippen molar-refractivity contribution >= 4 is 5.91 Å². The van der Waals surface area contributed by atoms with Crippen molar-refractivity contribution < 1.29 is 14.3 Å². The van der Waals surface area contributed by atoms with Gasteiger partial charge in [-0.2, -0.15) is 0 Å². The highest BCUT2D eigenvalue weighted by Gasteiger charge is 2.20. The quantitative estimate of drug-likeness (QED) is 0.916. The van der Waals surface area contributed by atoms with Crippen LogP contribution >= 0.6 is 0 Å². The van der Waals surface area contributed by atoms with E-state index in [0.29, 0.717) is 13.0 Å². The van der Waals surface area contributed by atoms with Gasteiger partial charge < -0.3 is 20.1 Å². The van der Waals surface area contributed by atoms with Gasteiger partial charge in [0.25, 0.3) is 0 Å². The molecule has 0 spiro atoms. The van der Waals surface area contributed by atoms with Gasteiger partial charge >= 0.3 is 0 Å². The molecule has 0 saturated heterocycles. The fourth-order valence-corrected chi connectivity index (χ4v) is 2.63. The predicted molar refractivity (Wildman–Crippen MR) is 87.2 cm³/mol. The van der Waals surface area contributed by atoms with Crippen LogP contribution in [0.5, 0.6) is 11.5 Å². The van der Waals surface area contributed by atoms with Gasteiger partial charge in [0.05, 0.1) is 6.04 Å². The summed E-state index contributed by atoms with van der Waals surface area (Å²) in [7, 11) is 1.76. The molecule has 2 N–H and O–H groups in total. The second-order valence-electron chi connectivity index (χ2n) is 5.68. The van der Waals surface area contributed by atoms with Crippen molar-refractivity contribution in [3.8, 4) is 11.5 Å². The molecule has 3 rings (SSSR count). The van der Waals surface area contributed by atoms with Gasteiger partial charge in [-0.05, 0) is 29.7 Å². The SMILES string of the molecule is CN(Cc1ccc2c(c1)OCO2)C(=O)[C@@H](N)Cc1ccccc1. The molecule has 0 bridgehead atoms. The van der Waals surface area contributed by atoms with Gasteiger partial charge in [0.1, 0.15) is 0 Å². The van der Waals surface area contributed by atoms with Gasteiger partial charge in [0.15, 0.2) is 11.5 Å². The first-order chi connectivity index (χ1) is 11.1. The van der Waals surface area contributed by atoms with Gasteiger partial charge in [0, 0.05) is 13.6 Å². The second-order valence-corrected chi connectivity index (χ2v) is 5.68. The second kappa shape index (κ2) is 6.71. The summed E-state index contributed by atoms with van der Waals surface area (Å²) in [5.74, 6) is 1.38. The highest BCUT2D eigenvalue weighted by atomic mass is 16.7. The third-order valence-corrected chi connectivity index (χ3v) is 3.85. The van der Waals surface area contributed by atoms with E-state index in [2.05, 4.69) is 0 Å². The van der Waals surface area contributed by atoms with E-state index in [1.165, 1.54) is 0 Å². The van der Waals surface area contributed by atoms with Crippen LogP contribution in [0.1, 0.15) is 11.1 Å². The average molecular weight is 312 g/mol. The van der Waals surface area contributed by atoms with Gasteiger partial charge in [0.2, 0.25) is 12.7 Å². The molecule has 0 aromatic heterocycles. The maximum absolute atomic E-state index is 12.4. The summed E-state index contributed by atoms with van der Waals surface area (Å²) in [6.07, 6.45) is 0.533. The number of benzene rings is 2. The normalized spacial score (nSPS) is 13.7. The zero-order valence-corrected chi connectivity index (χ0v) is 13.1. The van der Waals surface area contributed by atoms with Crippen molar-refractivity contribution in [3.63, 3.8) is 0 Å². The van der Waals surface area contributed by atoms with Crippen molar-refractivity contribution in [2.75, 3.05) is 13.8 Å². The number of amides is 1. The molecule has 5 nitrogen and oxygen atoms in total. The molecule has 120 valence electrons. The lowest BCUT2D eigenvalue weighted by atomic mass is 10.1. The van der Waals surface area contributed by atoms with E-state index in [4.69, 9.17) is 15.2 Å². The number of carbonyl (C=O) groups excluding carboxylic acids is 1. The Labute approximate surface area is 135 Å². The first-order valence-corrected chi connectivity index (χ1v) is 7.56. The highest BCUT2D eigenvalue weighted by Crippen LogP contribution is 2.32. The van der Waals surface area contributed by atoms with Crippen LogP contribution in [0.4, 0.5) is 0 Å². The van der Waals surface area contributed by atoms with E-state index in [9.17, 15) is 4.79 Å². The third kappa shape index (κ3) is 3.63. The largest absolute Gasteiger partial charge is 0.454 e. The number of likely N-dealkylation sites (N-methyl/N-ethyl adjacent to an activating group) is 1. The molecule has 0 radical (unpaired) electrons. The lowest BCUT2D eigenvalue weighted by molar-refractivity contribution is -0.131. The van der Waals surface area contributed by atoms with E-state index in [1.54, 1.807) is 11.9 Å². The van der Waals surface area contributed by atoms with Crippen LogP contribution in [0.15, 0.2) is 48.5 Å². The number of hydrogen-bond acceptors (Lipinski definition) is 4. The Kier molecular flexibility index (Phi) is 4.48. The monoisotopic (exact) mass is 312 g/mol. The Hall–Kier alpha value is -2.53. The zero-order valence-electron chi connectivity index (χ0n) is 13.1. The number of hydrogen-bond donors (Lipinski definition) is 1. The van der Waals surface area contributed by atoms with Crippen molar-refractivity contribution in [1.29, 1.82) is 0 Å². The van der Waals surface area contributed by atoms with Gasteiger partial charge in [-0.25, -0.2) is 0 Å². The summed E-state index contributed by atoms with van der Waals surface area (Å²) >= 11 is 0. The average Bonchev–Trinajstić information content (AvgIpc) is 3.02. The Balaban J connectivity index is 1.61. The lowest BCUT2D eigenvalue weighted by Gasteiger charge is -2.21. The van der Waals surface area contributed by atoms with Crippen molar-refractivity contribution in [2.45, 2.75) is 19.0 Å². The molecule has 0 unspecified atom stereocenters. The maximum atomic E-state index is 12.4. The van der Waals surface area contributed by atoms with Crippen LogP contribution in [-0.4, -0.2) is 30.7 Å². The van der Waals surface area contributed by atoms with Crippen molar-refractivity contribution in [3.05, 3.63) is 59.7 Å². The van der Waals surface area contributed by atoms with Gasteiger partial charge in [-0.3, -0.25) is 4.79 Å². The fourth-order valence-electron chi connectivity index (χ4n) is 2.63. The first-order valence-electron chi connectivity index (χ1n) is 7.56. The molecule has 0 aliphatic carbocycles. The van der Waals surface area contributed by atoms with Crippen LogP contribution in [0.25, 0.3) is 0 Å². The van der Waals surface area contributed by atoms with Crippen LogP contribution in [0.3, 0.4) is 0 Å². The lowest BCUT2D eigenvalue weighted by Crippen LogP contribution is -2.42. The molecule has 1 amide bonds. The first kappa shape index (κ1) is 15.4. The van der Waals surface area contributed by atoms with E-state index < -0.39 is 6.04 Å². The Morgan fingerprint density at radius 3 is 2.65 bits per heavy atom. The summed E-state index contributed by atoms with van der Waals surface area (Å²) in [5, 5.41) is 0. The molecule has 1 heterocycles. The number of nitrogens with two attached hydrogens (primary N) is 1. The molecule has 5 heteroatoms. The summed E-state index contributed by atoms with van der Waals surface area (Å²) in [6, 6.07) is 14.9. The minimum absolute atomic E-state index is 0.0773. The molecular weight excluding hydrogens is 292 g/mol. The van der Waals surface area contributed by atoms with Crippen LogP contribution in [-0.2, 0) is 17.8 Å². The summed E-state index contributed by atoms with van der Waals surface area (Å²) in [6.45, 7) is 0.730. The van der Waals surface area contributed by atoms with Crippen LogP contribution < -0.4 is 15.2 Å². The van der Waals surface area contributed by atoms with Crippen LogP contribution in [0.2, 0.25) is 0 Å². The molecule has 2 aromatic carbocycles. The van der Waals surface area contributed by atoms with E-state index in [0.717, 1.165) is 22.6 Å². The smallest absolute Gasteiger partial charge is 0.239 e. The number of carbonyl (C=O) groups is 1. The van der Waals surface area contributed by atoms with Gasteiger partial charge in [-0.1, -0.05) is 36.4 Å². The topological polar surface area (TPSA) is 64.8 Å². The Morgan fingerprint density at radius 2 is 1.87 bits per heavy atom. The van der Waals surface area contributed by atoms with Crippen molar-refractivity contribution in [2.24, 2.45) is 5.73 Å². The Morgan fingerprint density at radius 1 is 1.13 bits per heavy atom. The highest BCUT2D eigenvalue weighted by molar-refractivity contribution is 5.81. The summed E-state index contributed by atoms with van der Waals surface area (Å²) < 4.78 is 10.6. The number of fused-ring (bicyclic) bond motifs is 1. The minimum Gasteiger partial charge on any atom is -0.454 e. The standard InChI is InChI=1S/C18H20N2O3/c1-20(11-14-7-8-16-17(10-14)23-12-22-16)18(21)15(19)9-13-5-3-2-4-6-13/h2-8,10,15H,9,11-12,19H2,1H3/t15-/m0/s1. The van der Waals surface area contributed by atoms with Crippen molar-refractivity contribution in [1.82, 2.24) is 4.90 Å². The van der Waals surface area contributed by atoms with Crippen LogP contribution in [0, 0.1) is 0 Å². The third-order valence-electron chi connectivity index (χ3n) is 3.85. The maximum Gasteiger partial charge on any atom is 0.239 e. The fraction of sp³-hybridized carbons (Fsp3) is 0.278. The summed E-state index contributed by atoms with van der Waals surface area (Å²) in [5.41, 5.74) is 8.10. The van der Waals surface area contributed by atoms with Gasteiger partial charge in [-0.15, -0.1) is 0 Å². The molecule has 1 aliphatic heterocycles. The molecule has 2 aromatic rings. The molecule has 1 atom stereocenters. The molecular formula is C18H20N2O3. The summed E-state index contributed by atoms with van der Waals surface area (Å²) in [4.78, 5) is 14.1. The number of nitrogens with zero attached hydrogens (tertiary/aromatic N) is 1. The number of rotatable bonds is 5. The minimum atomic E-state index is -0.545. The molecule has 0 fully saturated rings. The predicted octanol–water partition coefficient (Wildman–Crippen LogP) is 1.94. The van der Waals surface area contributed by atoms with E-state index in [-0.39, 0.29) is 12.7 Å². The molecule has 0 saturated carbocycles. The Bertz CT molecular complexity index is 688. The molecule has 23 heavy (non-hydrogen) atoms.